The minimum absolute atomic E-state index is 0.235. The van der Waals surface area contributed by atoms with Crippen molar-refractivity contribution in [2.24, 2.45) is 0 Å². The molecule has 0 fully saturated rings. The molecule has 144 valence electrons. The van der Waals surface area contributed by atoms with Crippen LogP contribution in [0.1, 0.15) is 16.7 Å². The summed E-state index contributed by atoms with van der Waals surface area (Å²) >= 11 is 0. The molecule has 3 aromatic carbocycles. The van der Waals surface area contributed by atoms with E-state index >= 15 is 0 Å². The third kappa shape index (κ3) is 5.59. The first-order chi connectivity index (χ1) is 13.8. The van der Waals surface area contributed by atoms with E-state index < -0.39 is 0 Å². The zero-order valence-electron chi connectivity index (χ0n) is 15.9. The van der Waals surface area contributed by atoms with E-state index in [9.17, 15) is 4.79 Å². The molecule has 3 aromatic rings. The Labute approximate surface area is 165 Å². The van der Waals surface area contributed by atoms with Crippen LogP contribution in [0.15, 0.2) is 78.9 Å². The van der Waals surface area contributed by atoms with Crippen LogP contribution in [0.3, 0.4) is 0 Å². The molecule has 3 rings (SSSR count). The normalized spacial score (nSPS) is 10.3. The van der Waals surface area contributed by atoms with E-state index in [4.69, 9.17) is 9.47 Å². The average molecular weight is 376 g/mol. The summed E-state index contributed by atoms with van der Waals surface area (Å²) in [6.45, 7) is 1.33. The number of benzene rings is 3. The van der Waals surface area contributed by atoms with Crippen molar-refractivity contribution in [2.75, 3.05) is 7.11 Å². The first kappa shape index (κ1) is 19.5. The monoisotopic (exact) mass is 376 g/mol. The summed E-state index contributed by atoms with van der Waals surface area (Å²) in [5.74, 6) is 1.48. The van der Waals surface area contributed by atoms with E-state index in [1.807, 2.05) is 78.9 Å². The molecule has 0 spiro atoms. The quantitative estimate of drug-likeness (QED) is 0.603. The van der Waals surface area contributed by atoms with Crippen molar-refractivity contribution in [2.45, 2.75) is 19.7 Å². The van der Waals surface area contributed by atoms with E-state index in [1.54, 1.807) is 7.11 Å². The van der Waals surface area contributed by atoms with Crippen molar-refractivity contribution in [3.05, 3.63) is 95.6 Å². The van der Waals surface area contributed by atoms with Crippen LogP contribution in [0.5, 0.6) is 11.5 Å². The predicted molar refractivity (Wildman–Crippen MR) is 109 cm³/mol. The van der Waals surface area contributed by atoms with Gasteiger partial charge in [0.1, 0.15) is 11.5 Å². The minimum atomic E-state index is -0.235. The number of ether oxygens (including phenoxy) is 2. The number of urea groups is 1. The fraction of sp³-hybridized carbons (Fsp3) is 0.174. The van der Waals surface area contributed by atoms with Gasteiger partial charge in [-0.15, -0.1) is 0 Å². The molecule has 0 aliphatic heterocycles. The highest BCUT2D eigenvalue weighted by molar-refractivity contribution is 5.74. The zero-order chi connectivity index (χ0) is 19.6. The number of methoxy groups -OCH3 is 1. The molecule has 2 amide bonds. The summed E-state index contributed by atoms with van der Waals surface area (Å²) in [6, 6.07) is 24.9. The number of para-hydroxylation sites is 2. The van der Waals surface area contributed by atoms with Crippen molar-refractivity contribution >= 4 is 6.03 Å². The van der Waals surface area contributed by atoms with E-state index in [1.165, 1.54) is 0 Å². The molecule has 28 heavy (non-hydrogen) atoms. The van der Waals surface area contributed by atoms with Gasteiger partial charge in [-0.25, -0.2) is 4.79 Å². The van der Waals surface area contributed by atoms with Gasteiger partial charge in [0.05, 0.1) is 6.61 Å². The second-order valence-electron chi connectivity index (χ2n) is 6.26. The Morgan fingerprint density at radius 2 is 1.32 bits per heavy atom. The van der Waals surface area contributed by atoms with E-state index in [-0.39, 0.29) is 6.03 Å². The topological polar surface area (TPSA) is 59.6 Å². The molecular weight excluding hydrogens is 352 g/mol. The van der Waals surface area contributed by atoms with Gasteiger partial charge in [0.15, 0.2) is 0 Å². The van der Waals surface area contributed by atoms with Crippen LogP contribution >= 0.6 is 0 Å². The van der Waals surface area contributed by atoms with Crippen LogP contribution in [-0.4, -0.2) is 13.1 Å². The van der Waals surface area contributed by atoms with Crippen molar-refractivity contribution in [1.29, 1.82) is 0 Å². The van der Waals surface area contributed by atoms with Gasteiger partial charge in [0.2, 0.25) is 0 Å². The Balaban J connectivity index is 1.55. The van der Waals surface area contributed by atoms with Crippen LogP contribution in [0.4, 0.5) is 4.79 Å². The lowest BCUT2D eigenvalue weighted by Gasteiger charge is -2.13. The van der Waals surface area contributed by atoms with Gasteiger partial charge in [-0.05, 0) is 29.3 Å². The third-order valence-corrected chi connectivity index (χ3v) is 4.24. The summed E-state index contributed by atoms with van der Waals surface area (Å²) in [5.41, 5.74) is 3.00. The molecule has 0 atom stereocenters. The maximum absolute atomic E-state index is 12.2. The maximum atomic E-state index is 12.2. The summed E-state index contributed by atoms with van der Waals surface area (Å²) in [4.78, 5) is 12.2. The van der Waals surface area contributed by atoms with Crippen LogP contribution in [0.25, 0.3) is 0 Å². The van der Waals surface area contributed by atoms with E-state index in [0.29, 0.717) is 19.7 Å². The molecule has 0 heterocycles. The summed E-state index contributed by atoms with van der Waals surface area (Å²) in [6.07, 6.45) is 0. The fourth-order valence-electron chi connectivity index (χ4n) is 2.80. The highest BCUT2D eigenvalue weighted by Gasteiger charge is 2.08. The van der Waals surface area contributed by atoms with Crippen molar-refractivity contribution in [3.63, 3.8) is 0 Å². The van der Waals surface area contributed by atoms with Crippen LogP contribution in [0.2, 0.25) is 0 Å². The van der Waals surface area contributed by atoms with Gasteiger partial charge < -0.3 is 20.1 Å². The zero-order valence-corrected chi connectivity index (χ0v) is 15.9. The number of amides is 2. The molecule has 5 heteroatoms. The van der Waals surface area contributed by atoms with Gasteiger partial charge in [-0.3, -0.25) is 0 Å². The Morgan fingerprint density at radius 3 is 2.04 bits per heavy atom. The predicted octanol–water partition coefficient (Wildman–Crippen LogP) is 4.62. The first-order valence-electron chi connectivity index (χ1n) is 9.14. The molecular formula is C23H24N2O3. The van der Waals surface area contributed by atoms with Gasteiger partial charge in [0.25, 0.3) is 0 Å². The third-order valence-electron chi connectivity index (χ3n) is 4.24. The first-order valence-corrected chi connectivity index (χ1v) is 9.14. The lowest BCUT2D eigenvalue weighted by atomic mass is 10.1. The van der Waals surface area contributed by atoms with Gasteiger partial charge >= 0.3 is 6.03 Å². The van der Waals surface area contributed by atoms with Crippen LogP contribution in [-0.2, 0) is 24.4 Å². The lowest BCUT2D eigenvalue weighted by molar-refractivity contribution is 0.184. The molecule has 0 saturated heterocycles. The second-order valence-corrected chi connectivity index (χ2v) is 6.26. The molecule has 0 unspecified atom stereocenters. The fourth-order valence-corrected chi connectivity index (χ4v) is 2.80. The standard InChI is InChI=1S/C23H24N2O3/c1-27-17-20-11-6-5-9-18(20)15-24-23(26)25-16-19-10-7-8-14-22(19)28-21-12-3-2-4-13-21/h2-14H,15-17H2,1H3,(H2,24,25,26). The highest BCUT2D eigenvalue weighted by atomic mass is 16.5. The molecule has 0 radical (unpaired) electrons. The van der Waals surface area contributed by atoms with Crippen molar-refractivity contribution in [3.8, 4) is 11.5 Å². The Kier molecular flexibility index (Phi) is 7.04. The molecule has 2 N–H and O–H groups in total. The Morgan fingerprint density at radius 1 is 0.750 bits per heavy atom. The van der Waals surface area contributed by atoms with Gasteiger partial charge in [-0.1, -0.05) is 60.7 Å². The van der Waals surface area contributed by atoms with Gasteiger partial charge in [0, 0.05) is 25.8 Å². The molecule has 0 bridgehead atoms. The average Bonchev–Trinajstić information content (AvgIpc) is 2.73. The SMILES string of the molecule is COCc1ccccc1CNC(=O)NCc1ccccc1Oc1ccccc1. The van der Waals surface area contributed by atoms with Crippen LogP contribution < -0.4 is 15.4 Å². The number of nitrogens with one attached hydrogen (secondary N) is 2. The Hall–Kier alpha value is -3.31. The van der Waals surface area contributed by atoms with Crippen LogP contribution in [0, 0.1) is 0 Å². The minimum Gasteiger partial charge on any atom is -0.457 e. The number of rotatable bonds is 8. The van der Waals surface area contributed by atoms with E-state index in [2.05, 4.69) is 10.6 Å². The number of carbonyl (C=O) groups is 1. The number of carbonyl (C=O) groups excluding carboxylic acids is 1. The largest absolute Gasteiger partial charge is 0.457 e. The van der Waals surface area contributed by atoms with Gasteiger partial charge in [-0.2, -0.15) is 0 Å². The number of hydrogen-bond donors (Lipinski definition) is 2. The Bertz CT molecular complexity index is 897. The molecule has 0 aliphatic carbocycles. The molecule has 0 aromatic heterocycles. The summed E-state index contributed by atoms with van der Waals surface area (Å²) < 4.78 is 11.1. The van der Waals surface area contributed by atoms with E-state index in [0.717, 1.165) is 28.2 Å². The maximum Gasteiger partial charge on any atom is 0.315 e. The number of hydrogen-bond acceptors (Lipinski definition) is 3. The molecule has 0 saturated carbocycles. The van der Waals surface area contributed by atoms with Crippen molar-refractivity contribution in [1.82, 2.24) is 10.6 Å². The second kappa shape index (κ2) is 10.1. The molecule has 5 nitrogen and oxygen atoms in total. The highest BCUT2D eigenvalue weighted by Crippen LogP contribution is 2.24. The van der Waals surface area contributed by atoms with Crippen molar-refractivity contribution < 1.29 is 14.3 Å². The summed E-state index contributed by atoms with van der Waals surface area (Å²) in [5, 5.41) is 5.78. The molecule has 0 aliphatic rings. The smallest absolute Gasteiger partial charge is 0.315 e. The lowest BCUT2D eigenvalue weighted by Crippen LogP contribution is -2.34. The summed E-state index contributed by atoms with van der Waals surface area (Å²) in [7, 11) is 1.66.